The van der Waals surface area contributed by atoms with Crippen LogP contribution >= 0.6 is 11.6 Å². The van der Waals surface area contributed by atoms with Crippen molar-refractivity contribution in [2.24, 2.45) is 0 Å². The van der Waals surface area contributed by atoms with Gasteiger partial charge in [-0.05, 0) is 45.4 Å². The zero-order valence-corrected chi connectivity index (χ0v) is 15.0. The molecule has 0 radical (unpaired) electrons. The highest BCUT2D eigenvalue weighted by molar-refractivity contribution is 6.31. The fourth-order valence-corrected chi connectivity index (χ4v) is 2.88. The van der Waals surface area contributed by atoms with Gasteiger partial charge in [0, 0.05) is 10.7 Å². The lowest BCUT2D eigenvalue weighted by Crippen LogP contribution is -2.34. The summed E-state index contributed by atoms with van der Waals surface area (Å²) in [6, 6.07) is 4.49. The molecule has 1 atom stereocenters. The average Bonchev–Trinajstić information content (AvgIpc) is 2.92. The topological polar surface area (TPSA) is 90.0 Å². The highest BCUT2D eigenvalue weighted by Crippen LogP contribution is 2.24. The number of nitrogens with zero attached hydrogens (tertiary/aromatic N) is 3. The first-order valence-corrected chi connectivity index (χ1v) is 8.10. The number of fused-ring (bicyclic) bond motifs is 1. The van der Waals surface area contributed by atoms with Gasteiger partial charge in [-0.25, -0.2) is 0 Å². The van der Waals surface area contributed by atoms with Crippen molar-refractivity contribution in [3.8, 4) is 0 Å². The molecule has 2 heterocycles. The second-order valence-corrected chi connectivity index (χ2v) is 6.27. The summed E-state index contributed by atoms with van der Waals surface area (Å²) in [5.74, 6) is 0.0324. The van der Waals surface area contributed by atoms with Crippen molar-refractivity contribution in [2.45, 2.75) is 33.7 Å². The molecule has 3 rings (SSSR count). The van der Waals surface area contributed by atoms with Crippen molar-refractivity contribution in [3.05, 3.63) is 50.7 Å². The summed E-state index contributed by atoms with van der Waals surface area (Å²) in [5, 5.41) is 7.42. The number of nitrogens with one attached hydrogen (secondary N) is 1. The number of carbonyl (C=O) groups excluding carboxylic acids is 1. The van der Waals surface area contributed by atoms with Crippen molar-refractivity contribution in [2.75, 3.05) is 5.32 Å². The maximum Gasteiger partial charge on any atom is 0.267 e. The van der Waals surface area contributed by atoms with Gasteiger partial charge in [-0.1, -0.05) is 22.8 Å². The highest BCUT2D eigenvalue weighted by Gasteiger charge is 2.23. The van der Waals surface area contributed by atoms with E-state index in [2.05, 4.69) is 15.5 Å². The van der Waals surface area contributed by atoms with Crippen LogP contribution in [0.15, 0.2) is 27.5 Å². The molecule has 0 unspecified atom stereocenters. The summed E-state index contributed by atoms with van der Waals surface area (Å²) < 4.78 is 6.38. The van der Waals surface area contributed by atoms with Crippen molar-refractivity contribution < 1.29 is 9.32 Å². The zero-order valence-electron chi connectivity index (χ0n) is 14.3. The molecule has 0 spiro atoms. The van der Waals surface area contributed by atoms with Gasteiger partial charge in [0.1, 0.15) is 17.3 Å². The minimum absolute atomic E-state index is 0.176. The summed E-state index contributed by atoms with van der Waals surface area (Å²) in [7, 11) is 0. The second kappa shape index (κ2) is 6.33. The number of carbonyl (C=O) groups is 1. The van der Waals surface area contributed by atoms with Crippen molar-refractivity contribution in [3.63, 3.8) is 0 Å². The molecule has 0 saturated carbocycles. The highest BCUT2D eigenvalue weighted by atomic mass is 35.5. The third kappa shape index (κ3) is 2.91. The molecule has 0 saturated heterocycles. The molecular formula is C17H17ClN4O3. The lowest BCUT2D eigenvalue weighted by molar-refractivity contribution is -0.118. The molecule has 8 heteroatoms. The molecule has 2 aromatic heterocycles. The van der Waals surface area contributed by atoms with Crippen LogP contribution in [0.3, 0.4) is 0 Å². The molecule has 3 aromatic rings. The molecule has 1 amide bonds. The Morgan fingerprint density at radius 3 is 2.76 bits per heavy atom. The fourth-order valence-electron chi connectivity index (χ4n) is 2.70. The first kappa shape index (κ1) is 17.2. The molecule has 25 heavy (non-hydrogen) atoms. The van der Waals surface area contributed by atoms with Gasteiger partial charge in [0.25, 0.3) is 11.3 Å². The van der Waals surface area contributed by atoms with Crippen molar-refractivity contribution in [1.29, 1.82) is 0 Å². The van der Waals surface area contributed by atoms with Gasteiger partial charge in [-0.2, -0.15) is 4.98 Å². The van der Waals surface area contributed by atoms with E-state index in [9.17, 15) is 9.59 Å². The van der Waals surface area contributed by atoms with Gasteiger partial charge < -0.3 is 9.84 Å². The maximum absolute atomic E-state index is 12.8. The van der Waals surface area contributed by atoms with Crippen LogP contribution in [-0.2, 0) is 4.79 Å². The standard InChI is InChI=1S/C17H17ClN4O3/c1-8-12(18)6-5-7-13(8)20-15(23)10(3)22-11(4)19-16-14(17(22)24)9(2)21-25-16/h5-7,10H,1-4H3,(H,20,23)/t10-/m0/s1. The smallest absolute Gasteiger partial charge is 0.267 e. The number of hydrogen-bond acceptors (Lipinski definition) is 5. The van der Waals surface area contributed by atoms with Gasteiger partial charge in [-0.3, -0.25) is 14.2 Å². The first-order chi connectivity index (χ1) is 11.8. The Morgan fingerprint density at radius 2 is 2.04 bits per heavy atom. The predicted octanol–water partition coefficient (Wildman–Crippen LogP) is 3.16. The van der Waals surface area contributed by atoms with Crippen LogP contribution in [0, 0.1) is 20.8 Å². The van der Waals surface area contributed by atoms with Crippen LogP contribution in [0.4, 0.5) is 5.69 Å². The molecule has 1 N–H and O–H groups in total. The van der Waals surface area contributed by atoms with Gasteiger partial charge in [0.2, 0.25) is 5.91 Å². The SMILES string of the molecule is Cc1c(Cl)cccc1NC(=O)[C@H](C)n1c(C)nc2onc(C)c2c1=O. The Labute approximate surface area is 148 Å². The maximum atomic E-state index is 12.8. The second-order valence-electron chi connectivity index (χ2n) is 5.86. The predicted molar refractivity (Wildman–Crippen MR) is 95.1 cm³/mol. The van der Waals surface area contributed by atoms with Crippen LogP contribution in [0.5, 0.6) is 0 Å². The average molecular weight is 361 g/mol. The molecule has 7 nitrogen and oxygen atoms in total. The zero-order chi connectivity index (χ0) is 18.3. The Morgan fingerprint density at radius 1 is 1.32 bits per heavy atom. The molecular weight excluding hydrogens is 344 g/mol. The molecule has 0 bridgehead atoms. The van der Waals surface area contributed by atoms with E-state index in [1.807, 2.05) is 6.92 Å². The number of benzene rings is 1. The largest absolute Gasteiger partial charge is 0.335 e. The number of hydrogen-bond donors (Lipinski definition) is 1. The van der Waals surface area contributed by atoms with Crippen LogP contribution < -0.4 is 10.9 Å². The fraction of sp³-hybridized carbons (Fsp3) is 0.294. The number of halogens is 1. The van der Waals surface area contributed by atoms with E-state index >= 15 is 0 Å². The summed E-state index contributed by atoms with van der Waals surface area (Å²) in [6.45, 7) is 6.76. The number of aryl methyl sites for hydroxylation is 2. The monoisotopic (exact) mass is 360 g/mol. The van der Waals surface area contributed by atoms with Gasteiger partial charge in [0.05, 0.1) is 5.69 Å². The third-order valence-corrected chi connectivity index (χ3v) is 4.59. The van der Waals surface area contributed by atoms with E-state index in [-0.39, 0.29) is 22.6 Å². The minimum Gasteiger partial charge on any atom is -0.335 e. The first-order valence-electron chi connectivity index (χ1n) is 7.72. The molecule has 130 valence electrons. The van der Waals surface area contributed by atoms with Crippen molar-refractivity contribution in [1.82, 2.24) is 14.7 Å². The van der Waals surface area contributed by atoms with Crippen LogP contribution in [0.25, 0.3) is 11.1 Å². The molecule has 1 aromatic carbocycles. The Hall–Kier alpha value is -2.67. The van der Waals surface area contributed by atoms with E-state index in [1.165, 1.54) is 4.57 Å². The summed E-state index contributed by atoms with van der Waals surface area (Å²) in [4.78, 5) is 29.7. The Kier molecular flexibility index (Phi) is 4.34. The lowest BCUT2D eigenvalue weighted by Gasteiger charge is -2.18. The quantitative estimate of drug-likeness (QED) is 0.774. The number of aromatic nitrogens is 3. The number of amides is 1. The van der Waals surface area contributed by atoms with Gasteiger partial charge in [-0.15, -0.1) is 0 Å². The van der Waals surface area contributed by atoms with Crippen LogP contribution in [-0.4, -0.2) is 20.6 Å². The van der Waals surface area contributed by atoms with Gasteiger partial charge in [0.15, 0.2) is 0 Å². The molecule has 0 aliphatic rings. The van der Waals surface area contributed by atoms with E-state index in [1.54, 1.807) is 39.0 Å². The lowest BCUT2D eigenvalue weighted by atomic mass is 10.2. The number of anilines is 1. The van der Waals surface area contributed by atoms with Crippen LogP contribution in [0.2, 0.25) is 5.02 Å². The van der Waals surface area contributed by atoms with Crippen LogP contribution in [0.1, 0.15) is 30.0 Å². The number of rotatable bonds is 3. The van der Waals surface area contributed by atoms with E-state index < -0.39 is 6.04 Å². The summed E-state index contributed by atoms with van der Waals surface area (Å²) in [5.41, 5.74) is 1.63. The molecule has 0 aliphatic carbocycles. The Bertz CT molecular complexity index is 1040. The third-order valence-electron chi connectivity index (χ3n) is 4.18. The van der Waals surface area contributed by atoms with E-state index in [4.69, 9.17) is 16.1 Å². The van der Waals surface area contributed by atoms with E-state index in [0.717, 1.165) is 5.56 Å². The van der Waals surface area contributed by atoms with E-state index in [0.29, 0.717) is 22.2 Å². The normalized spacial score (nSPS) is 12.4. The summed E-state index contributed by atoms with van der Waals surface area (Å²) in [6.07, 6.45) is 0. The van der Waals surface area contributed by atoms with Crippen molar-refractivity contribution >= 4 is 34.3 Å². The minimum atomic E-state index is -0.767. The summed E-state index contributed by atoms with van der Waals surface area (Å²) >= 11 is 6.08. The Balaban J connectivity index is 2.00. The molecule has 0 aliphatic heterocycles. The van der Waals surface area contributed by atoms with Gasteiger partial charge >= 0.3 is 0 Å². The molecule has 0 fully saturated rings.